The predicted molar refractivity (Wildman–Crippen MR) is 113 cm³/mol. The van der Waals surface area contributed by atoms with E-state index in [4.69, 9.17) is 4.74 Å². The molecule has 3 aromatic rings. The number of benzene rings is 3. The Labute approximate surface area is 164 Å². The third-order valence-corrected chi connectivity index (χ3v) is 10.2. The van der Waals surface area contributed by atoms with Gasteiger partial charge in [0, 0.05) is 0 Å². The summed E-state index contributed by atoms with van der Waals surface area (Å²) >= 11 is 0. The van der Waals surface area contributed by atoms with E-state index in [1.165, 1.54) is 6.92 Å². The van der Waals surface area contributed by atoms with Gasteiger partial charge in [-0.25, -0.2) is 0 Å². The molecule has 5 heteroatoms. The molecule has 0 spiro atoms. The molecule has 1 atom stereocenters. The summed E-state index contributed by atoms with van der Waals surface area (Å²) in [4.78, 5) is 24.3. The van der Waals surface area contributed by atoms with Crippen LogP contribution in [0.4, 0.5) is 4.39 Å². The van der Waals surface area contributed by atoms with Crippen molar-refractivity contribution in [3.63, 3.8) is 0 Å². The Morgan fingerprint density at radius 1 is 0.750 bits per heavy atom. The summed E-state index contributed by atoms with van der Waals surface area (Å²) in [5, 5.41) is -0.267. The van der Waals surface area contributed by atoms with E-state index in [9.17, 15) is 9.59 Å². The summed E-state index contributed by atoms with van der Waals surface area (Å²) in [5.41, 5.74) is 0. The molecule has 0 heterocycles. The van der Waals surface area contributed by atoms with Gasteiger partial charge in [-0.1, -0.05) is 0 Å². The average Bonchev–Trinajstić information content (AvgIpc) is 2.70. The zero-order valence-electron chi connectivity index (χ0n) is 15.8. The molecule has 0 bridgehead atoms. The van der Waals surface area contributed by atoms with Crippen LogP contribution in [0.25, 0.3) is 0 Å². The predicted octanol–water partition coefficient (Wildman–Crippen LogP) is 3.49. The summed E-state index contributed by atoms with van der Waals surface area (Å²) in [6, 6.07) is 27.6. The van der Waals surface area contributed by atoms with Crippen molar-refractivity contribution in [1.82, 2.24) is 0 Å². The van der Waals surface area contributed by atoms with Crippen molar-refractivity contribution >= 4 is 35.1 Å². The van der Waals surface area contributed by atoms with E-state index in [1.54, 1.807) is 0 Å². The molecule has 0 aromatic heterocycles. The number of esters is 2. The second-order valence-corrected chi connectivity index (χ2v) is 10.9. The van der Waals surface area contributed by atoms with Gasteiger partial charge in [-0.3, -0.25) is 0 Å². The minimum absolute atomic E-state index is 0.720. The summed E-state index contributed by atoms with van der Waals surface area (Å²) in [6.07, 6.45) is 0. The van der Waals surface area contributed by atoms with Crippen molar-refractivity contribution in [2.24, 2.45) is 0 Å². The van der Waals surface area contributed by atoms with Crippen molar-refractivity contribution in [3.05, 3.63) is 91.0 Å². The number of carbonyl (C=O) groups excluding carboxylic acids is 2. The Hall–Kier alpha value is -2.84. The van der Waals surface area contributed by atoms with Gasteiger partial charge in [-0.05, 0) is 0 Å². The van der Waals surface area contributed by atoms with Crippen LogP contribution in [0.5, 0.6) is 0 Å². The van der Waals surface area contributed by atoms with Gasteiger partial charge in [0.25, 0.3) is 0 Å². The summed E-state index contributed by atoms with van der Waals surface area (Å²) in [5.74, 6) is -1.99. The monoisotopic (exact) mass is 396 g/mol. The van der Waals surface area contributed by atoms with Crippen LogP contribution in [0.15, 0.2) is 91.0 Å². The Morgan fingerprint density at radius 3 is 1.36 bits per heavy atom. The van der Waals surface area contributed by atoms with Gasteiger partial charge in [-0.2, -0.15) is 0 Å². The first-order valence-electron chi connectivity index (χ1n) is 8.99. The molecule has 0 aliphatic heterocycles. The standard InChI is InChI=1S/C23H22FO3P/c1-18(25)27-22(26)23(2,24)28(19-12-6-3-7-13-19,20-14-8-4-9-15-20)21-16-10-5-11-17-21/h3-17,28H,1-2H3. The van der Waals surface area contributed by atoms with Crippen molar-refractivity contribution in [2.45, 2.75) is 19.3 Å². The molecule has 144 valence electrons. The zero-order valence-corrected chi connectivity index (χ0v) is 16.8. The van der Waals surface area contributed by atoms with Gasteiger partial charge in [0.1, 0.15) is 0 Å². The van der Waals surface area contributed by atoms with Crippen LogP contribution in [-0.4, -0.2) is 17.3 Å². The fourth-order valence-electron chi connectivity index (χ4n) is 3.76. The van der Waals surface area contributed by atoms with Gasteiger partial charge in [0.2, 0.25) is 0 Å². The maximum atomic E-state index is 16.7. The number of alkyl halides is 1. The molecule has 0 fully saturated rings. The second kappa shape index (κ2) is 8.04. The molecule has 28 heavy (non-hydrogen) atoms. The van der Waals surface area contributed by atoms with Crippen molar-refractivity contribution < 1.29 is 18.7 Å². The van der Waals surface area contributed by atoms with Crippen molar-refractivity contribution in [2.75, 3.05) is 0 Å². The first kappa shape index (κ1) is 19.9. The Balaban J connectivity index is 2.41. The molecule has 0 aliphatic rings. The number of carbonyl (C=O) groups is 2. The quantitative estimate of drug-likeness (QED) is 0.377. The van der Waals surface area contributed by atoms with E-state index in [0.29, 0.717) is 0 Å². The van der Waals surface area contributed by atoms with Crippen LogP contribution >= 0.6 is 7.26 Å². The molecule has 0 saturated heterocycles. The molecule has 0 saturated carbocycles. The maximum absolute atomic E-state index is 16.7. The van der Waals surface area contributed by atoms with E-state index in [2.05, 4.69) is 0 Å². The van der Waals surface area contributed by atoms with Gasteiger partial charge >= 0.3 is 164 Å². The molecule has 3 aromatic carbocycles. The SMILES string of the molecule is CC(=O)OC(=O)C(C)(F)[PH](c1ccccc1)(c1ccccc1)c1ccccc1. The van der Waals surface area contributed by atoms with Crippen molar-refractivity contribution in [1.29, 1.82) is 0 Å². The molecule has 3 nitrogen and oxygen atoms in total. The molecule has 3 rings (SSSR count). The number of hydrogen-bond donors (Lipinski definition) is 0. The summed E-state index contributed by atoms with van der Waals surface area (Å²) < 4.78 is 21.4. The minimum atomic E-state index is -3.57. The van der Waals surface area contributed by atoms with Crippen molar-refractivity contribution in [3.8, 4) is 0 Å². The summed E-state index contributed by atoms with van der Waals surface area (Å²) in [6.45, 7) is 2.34. The molecule has 0 aliphatic carbocycles. The fourth-order valence-corrected chi connectivity index (χ4v) is 8.82. The molecule has 0 amide bonds. The first-order valence-corrected chi connectivity index (χ1v) is 11.0. The van der Waals surface area contributed by atoms with Crippen LogP contribution in [0, 0.1) is 0 Å². The number of ether oxygens (including phenoxy) is 1. The Bertz CT molecular complexity index is 860. The van der Waals surface area contributed by atoms with Gasteiger partial charge < -0.3 is 0 Å². The Morgan fingerprint density at radius 2 is 1.07 bits per heavy atom. The van der Waals surface area contributed by atoms with Crippen LogP contribution < -0.4 is 15.9 Å². The van der Waals surface area contributed by atoms with Gasteiger partial charge in [0.05, 0.1) is 0 Å². The molecule has 1 unspecified atom stereocenters. The fraction of sp³-hybridized carbons (Fsp3) is 0.130. The number of hydrogen-bond acceptors (Lipinski definition) is 3. The van der Waals surface area contributed by atoms with Crippen LogP contribution in [0.3, 0.4) is 0 Å². The molecule has 0 N–H and O–H groups in total. The molecular formula is C23H22FO3P. The molecular weight excluding hydrogens is 374 g/mol. The van der Waals surface area contributed by atoms with Crippen LogP contribution in [0.1, 0.15) is 13.8 Å². The molecule has 0 radical (unpaired) electrons. The average molecular weight is 396 g/mol. The third-order valence-electron chi connectivity index (χ3n) is 4.94. The zero-order chi connectivity index (χ0) is 20.2. The van der Waals surface area contributed by atoms with Gasteiger partial charge in [0.15, 0.2) is 0 Å². The number of halogens is 1. The first-order chi connectivity index (χ1) is 13.4. The van der Waals surface area contributed by atoms with Crippen LogP contribution in [-0.2, 0) is 14.3 Å². The van der Waals surface area contributed by atoms with E-state index in [0.717, 1.165) is 22.8 Å². The third kappa shape index (κ3) is 3.36. The van der Waals surface area contributed by atoms with Crippen LogP contribution in [0.2, 0.25) is 0 Å². The topological polar surface area (TPSA) is 43.4 Å². The Kier molecular flexibility index (Phi) is 5.71. The van der Waals surface area contributed by atoms with E-state index >= 15 is 4.39 Å². The summed E-state index contributed by atoms with van der Waals surface area (Å²) in [7, 11) is -3.57. The van der Waals surface area contributed by atoms with Gasteiger partial charge in [-0.15, -0.1) is 0 Å². The second-order valence-electron chi connectivity index (χ2n) is 6.73. The number of rotatable bonds is 5. The van der Waals surface area contributed by atoms with E-state index < -0.39 is 24.6 Å². The van der Waals surface area contributed by atoms with E-state index in [1.807, 2.05) is 91.0 Å². The normalized spacial score (nSPS) is 14.0. The van der Waals surface area contributed by atoms with E-state index in [-0.39, 0.29) is 0 Å².